The summed E-state index contributed by atoms with van der Waals surface area (Å²) >= 11 is 1.78. The molecule has 0 atom stereocenters. The highest BCUT2D eigenvalue weighted by molar-refractivity contribution is 7.18. The Kier molecular flexibility index (Phi) is 7.13. The summed E-state index contributed by atoms with van der Waals surface area (Å²) in [6.07, 6.45) is 6.68. The molecule has 0 spiro atoms. The quantitative estimate of drug-likeness (QED) is 0.677. The molecule has 3 fully saturated rings. The molecule has 0 aromatic carbocycles. The molecule has 0 aliphatic carbocycles. The van der Waals surface area contributed by atoms with Gasteiger partial charge in [-0.2, -0.15) is 0 Å². The number of aryl methyl sites for hydroxylation is 2. The molecule has 2 aromatic rings. The second-order valence-corrected chi connectivity index (χ2v) is 11.0. The summed E-state index contributed by atoms with van der Waals surface area (Å²) in [6.45, 7) is 12.3. The van der Waals surface area contributed by atoms with Crippen molar-refractivity contribution in [3.05, 3.63) is 16.3 Å². The maximum absolute atomic E-state index is 13.2. The number of carbonyl (C=O) groups is 1. The minimum Gasteiger partial charge on any atom is -0.379 e. The summed E-state index contributed by atoms with van der Waals surface area (Å²) in [4.78, 5) is 32.6. The number of nitrogens with zero attached hydrogens (tertiary/aromatic N) is 5. The van der Waals surface area contributed by atoms with Gasteiger partial charge in [0.05, 0.1) is 25.1 Å². The summed E-state index contributed by atoms with van der Waals surface area (Å²) < 4.78 is 5.51. The zero-order valence-corrected chi connectivity index (χ0v) is 21.0. The Morgan fingerprint density at radius 1 is 0.970 bits per heavy atom. The van der Waals surface area contributed by atoms with Gasteiger partial charge >= 0.3 is 0 Å². The third-order valence-electron chi connectivity index (χ3n) is 7.59. The van der Waals surface area contributed by atoms with Gasteiger partial charge < -0.3 is 14.5 Å². The third kappa shape index (κ3) is 5.03. The normalized spacial score (nSPS) is 21.5. The Labute approximate surface area is 201 Å². The van der Waals surface area contributed by atoms with Crippen molar-refractivity contribution in [2.75, 3.05) is 57.4 Å². The lowest BCUT2D eigenvalue weighted by atomic mass is 9.95. The van der Waals surface area contributed by atoms with Gasteiger partial charge in [-0.25, -0.2) is 9.97 Å². The van der Waals surface area contributed by atoms with Crippen molar-refractivity contribution in [2.45, 2.75) is 58.9 Å². The van der Waals surface area contributed by atoms with E-state index in [-0.39, 0.29) is 5.92 Å². The van der Waals surface area contributed by atoms with E-state index in [1.165, 1.54) is 28.7 Å². The molecule has 5 heterocycles. The van der Waals surface area contributed by atoms with Gasteiger partial charge in [0, 0.05) is 50.1 Å². The van der Waals surface area contributed by atoms with Crippen LogP contribution in [-0.4, -0.2) is 78.2 Å². The van der Waals surface area contributed by atoms with Gasteiger partial charge in [0.25, 0.3) is 0 Å². The summed E-state index contributed by atoms with van der Waals surface area (Å²) in [5.74, 6) is 2.53. The third-order valence-corrected chi connectivity index (χ3v) is 8.69. The first-order valence-corrected chi connectivity index (χ1v) is 13.5. The molecule has 7 nitrogen and oxygen atoms in total. The van der Waals surface area contributed by atoms with E-state index in [2.05, 4.69) is 28.5 Å². The molecule has 8 heteroatoms. The van der Waals surface area contributed by atoms with E-state index in [9.17, 15) is 4.79 Å². The van der Waals surface area contributed by atoms with Crippen molar-refractivity contribution in [3.8, 4) is 0 Å². The van der Waals surface area contributed by atoms with Gasteiger partial charge in [-0.05, 0) is 45.1 Å². The van der Waals surface area contributed by atoms with Gasteiger partial charge in [-0.3, -0.25) is 9.69 Å². The van der Waals surface area contributed by atoms with E-state index in [1.54, 1.807) is 11.3 Å². The first kappa shape index (κ1) is 23.0. The molecule has 0 unspecified atom stereocenters. The van der Waals surface area contributed by atoms with Crippen LogP contribution in [0, 0.1) is 19.8 Å². The Morgan fingerprint density at radius 2 is 1.67 bits per heavy atom. The average molecular weight is 472 g/mol. The average Bonchev–Trinajstić information content (AvgIpc) is 3.01. The van der Waals surface area contributed by atoms with Crippen molar-refractivity contribution < 1.29 is 9.53 Å². The highest BCUT2D eigenvalue weighted by Gasteiger charge is 2.31. The molecule has 33 heavy (non-hydrogen) atoms. The van der Waals surface area contributed by atoms with Crippen LogP contribution >= 0.6 is 11.3 Å². The van der Waals surface area contributed by atoms with Crippen LogP contribution in [0.25, 0.3) is 10.2 Å². The molecular weight excluding hydrogens is 434 g/mol. The van der Waals surface area contributed by atoms with Crippen LogP contribution in [0.3, 0.4) is 0 Å². The summed E-state index contributed by atoms with van der Waals surface area (Å²) in [5.41, 5.74) is 1.30. The first-order valence-electron chi connectivity index (χ1n) is 12.7. The molecule has 0 radical (unpaired) electrons. The topological polar surface area (TPSA) is 61.8 Å². The van der Waals surface area contributed by atoms with Crippen LogP contribution in [0.1, 0.15) is 54.8 Å². The molecule has 0 N–H and O–H groups in total. The number of hydrogen-bond donors (Lipinski definition) is 0. The number of rotatable bonds is 4. The van der Waals surface area contributed by atoms with Crippen molar-refractivity contribution >= 4 is 33.3 Å². The Morgan fingerprint density at radius 3 is 2.36 bits per heavy atom. The minimum atomic E-state index is 0.162. The summed E-state index contributed by atoms with van der Waals surface area (Å²) in [7, 11) is 0. The minimum absolute atomic E-state index is 0.162. The summed E-state index contributed by atoms with van der Waals surface area (Å²) in [5, 5.41) is 1.21. The lowest BCUT2D eigenvalue weighted by molar-refractivity contribution is -0.136. The smallest absolute Gasteiger partial charge is 0.225 e. The molecule has 0 bridgehead atoms. The van der Waals surface area contributed by atoms with Crippen LogP contribution in [0.2, 0.25) is 0 Å². The van der Waals surface area contributed by atoms with E-state index in [4.69, 9.17) is 14.7 Å². The second kappa shape index (κ2) is 10.2. The number of morpholine rings is 1. The Balaban J connectivity index is 1.33. The highest BCUT2D eigenvalue weighted by atomic mass is 32.1. The van der Waals surface area contributed by atoms with Crippen molar-refractivity contribution in [1.82, 2.24) is 19.8 Å². The van der Waals surface area contributed by atoms with Crippen molar-refractivity contribution in [2.24, 2.45) is 5.92 Å². The molecule has 0 saturated carbocycles. The zero-order valence-electron chi connectivity index (χ0n) is 20.1. The van der Waals surface area contributed by atoms with Crippen LogP contribution < -0.4 is 4.90 Å². The fourth-order valence-electron chi connectivity index (χ4n) is 5.42. The Hall–Kier alpha value is -1.77. The molecule has 3 saturated heterocycles. The number of anilines is 1. The van der Waals surface area contributed by atoms with E-state index >= 15 is 0 Å². The van der Waals surface area contributed by atoms with Gasteiger partial charge in [0.1, 0.15) is 16.5 Å². The maximum Gasteiger partial charge on any atom is 0.225 e. The number of fused-ring (bicyclic) bond motifs is 1. The van der Waals surface area contributed by atoms with Crippen LogP contribution in [-0.2, 0) is 16.1 Å². The predicted molar refractivity (Wildman–Crippen MR) is 133 cm³/mol. The Bertz CT molecular complexity index is 971. The largest absolute Gasteiger partial charge is 0.379 e. The first-order chi connectivity index (χ1) is 16.1. The number of carbonyl (C=O) groups excluding carboxylic acids is 1. The van der Waals surface area contributed by atoms with E-state index < -0.39 is 0 Å². The lowest BCUT2D eigenvalue weighted by Crippen LogP contribution is -2.43. The number of piperidine rings is 1. The number of amides is 1. The fourth-order valence-corrected chi connectivity index (χ4v) is 6.46. The van der Waals surface area contributed by atoms with Gasteiger partial charge in [-0.1, -0.05) is 12.8 Å². The standard InChI is InChI=1S/C25H37N5O2S/c1-18-19(2)33-24-22(18)23(26-21(27-24)17-28-13-15-32-16-14-28)29-11-7-20(8-12-29)25(31)30-9-5-3-4-6-10-30/h20H,3-17H2,1-2H3. The van der Waals surface area contributed by atoms with Crippen molar-refractivity contribution in [1.29, 1.82) is 0 Å². The second-order valence-electron chi connectivity index (χ2n) is 9.82. The number of likely N-dealkylation sites (tertiary alicyclic amines) is 1. The van der Waals surface area contributed by atoms with E-state index in [0.29, 0.717) is 5.91 Å². The van der Waals surface area contributed by atoms with Gasteiger partial charge in [0.15, 0.2) is 0 Å². The molecule has 2 aromatic heterocycles. The van der Waals surface area contributed by atoms with Crippen LogP contribution in [0.5, 0.6) is 0 Å². The molecule has 3 aliphatic rings. The molecular formula is C25H37N5O2S. The molecule has 180 valence electrons. The molecule has 5 rings (SSSR count). The van der Waals surface area contributed by atoms with Crippen LogP contribution in [0.4, 0.5) is 5.82 Å². The molecule has 3 aliphatic heterocycles. The SMILES string of the molecule is Cc1sc2nc(CN3CCOCC3)nc(N3CCC(C(=O)N4CCCCCC4)CC3)c2c1C. The lowest BCUT2D eigenvalue weighted by Gasteiger charge is -2.35. The molecule has 1 amide bonds. The van der Waals surface area contributed by atoms with Crippen molar-refractivity contribution in [3.63, 3.8) is 0 Å². The fraction of sp³-hybridized carbons (Fsp3) is 0.720. The van der Waals surface area contributed by atoms with E-state index in [1.807, 2.05) is 0 Å². The zero-order chi connectivity index (χ0) is 22.8. The number of hydrogen-bond acceptors (Lipinski definition) is 7. The number of thiophene rings is 1. The maximum atomic E-state index is 13.2. The number of ether oxygens (including phenoxy) is 1. The summed E-state index contributed by atoms with van der Waals surface area (Å²) in [6, 6.07) is 0. The number of aromatic nitrogens is 2. The predicted octanol–water partition coefficient (Wildman–Crippen LogP) is 3.76. The monoisotopic (exact) mass is 471 g/mol. The van der Waals surface area contributed by atoms with Gasteiger partial charge in [-0.15, -0.1) is 11.3 Å². The van der Waals surface area contributed by atoms with Gasteiger partial charge in [0.2, 0.25) is 5.91 Å². The highest BCUT2D eigenvalue weighted by Crippen LogP contribution is 2.37. The van der Waals surface area contributed by atoms with Crippen LogP contribution in [0.15, 0.2) is 0 Å². The van der Waals surface area contributed by atoms with E-state index in [0.717, 1.165) is 101 Å².